The van der Waals surface area contributed by atoms with Crippen LogP contribution in [-0.4, -0.2) is 6.54 Å². The first kappa shape index (κ1) is 14.3. The second kappa shape index (κ2) is 6.44. The van der Waals surface area contributed by atoms with Gasteiger partial charge in [-0.25, -0.2) is 0 Å². The quantitative estimate of drug-likeness (QED) is 0.802. The Balaban J connectivity index is 1.84. The lowest BCUT2D eigenvalue weighted by molar-refractivity contribution is 0.559. The maximum absolute atomic E-state index is 3.79. The lowest BCUT2D eigenvalue weighted by Crippen LogP contribution is -2.24. The van der Waals surface area contributed by atoms with Crippen LogP contribution < -0.4 is 5.32 Å². The molecular weight excluding hydrogens is 254 g/mol. The molecule has 0 aliphatic heterocycles. The minimum absolute atomic E-state index is 0.310. The Labute approximate surface area is 128 Å². The lowest BCUT2D eigenvalue weighted by atomic mass is 9.93. The first-order chi connectivity index (χ1) is 10.2. The van der Waals surface area contributed by atoms with E-state index in [-0.39, 0.29) is 0 Å². The van der Waals surface area contributed by atoms with Crippen molar-refractivity contribution in [1.82, 2.24) is 5.32 Å². The van der Waals surface area contributed by atoms with Crippen molar-refractivity contribution in [3.63, 3.8) is 0 Å². The van der Waals surface area contributed by atoms with Crippen molar-refractivity contribution in [2.45, 2.75) is 39.2 Å². The molecule has 0 saturated heterocycles. The fraction of sp³-hybridized carbons (Fsp3) is 0.400. The highest BCUT2D eigenvalue weighted by Gasteiger charge is 2.22. The van der Waals surface area contributed by atoms with Crippen molar-refractivity contribution in [1.29, 1.82) is 0 Å². The molecule has 0 amide bonds. The molecule has 0 spiro atoms. The normalized spacial score (nSPS) is 15.9. The number of aryl methyl sites for hydroxylation is 2. The van der Waals surface area contributed by atoms with Crippen LogP contribution >= 0.6 is 0 Å². The topological polar surface area (TPSA) is 12.0 Å². The second-order valence-corrected chi connectivity index (χ2v) is 6.39. The van der Waals surface area contributed by atoms with Gasteiger partial charge in [-0.05, 0) is 49.4 Å². The summed E-state index contributed by atoms with van der Waals surface area (Å²) < 4.78 is 0. The monoisotopic (exact) mass is 279 g/mol. The zero-order valence-corrected chi connectivity index (χ0v) is 13.1. The van der Waals surface area contributed by atoms with E-state index in [0.717, 1.165) is 12.5 Å². The third kappa shape index (κ3) is 3.74. The smallest absolute Gasteiger partial charge is 0.0579 e. The summed E-state index contributed by atoms with van der Waals surface area (Å²) >= 11 is 0. The van der Waals surface area contributed by atoms with Crippen LogP contribution in [-0.2, 0) is 0 Å². The van der Waals surface area contributed by atoms with E-state index in [9.17, 15) is 0 Å². The first-order valence-corrected chi connectivity index (χ1v) is 8.09. The molecule has 1 heteroatoms. The summed E-state index contributed by atoms with van der Waals surface area (Å²) in [6, 6.07) is 17.9. The van der Waals surface area contributed by atoms with Gasteiger partial charge in [-0.3, -0.25) is 0 Å². The Morgan fingerprint density at radius 1 is 1.05 bits per heavy atom. The van der Waals surface area contributed by atoms with Gasteiger partial charge in [0.2, 0.25) is 0 Å². The van der Waals surface area contributed by atoms with Crippen molar-refractivity contribution in [2.24, 2.45) is 5.92 Å². The highest BCUT2D eigenvalue weighted by molar-refractivity contribution is 5.39. The third-order valence-electron chi connectivity index (χ3n) is 4.48. The lowest BCUT2D eigenvalue weighted by Gasteiger charge is -2.22. The van der Waals surface area contributed by atoms with Gasteiger partial charge in [0.05, 0.1) is 6.04 Å². The van der Waals surface area contributed by atoms with E-state index in [1.165, 1.54) is 41.5 Å². The van der Waals surface area contributed by atoms with Crippen LogP contribution in [0.25, 0.3) is 0 Å². The molecule has 0 heterocycles. The van der Waals surface area contributed by atoms with Gasteiger partial charge < -0.3 is 5.32 Å². The molecule has 1 fully saturated rings. The first-order valence-electron chi connectivity index (χ1n) is 8.09. The molecule has 1 N–H and O–H groups in total. The van der Waals surface area contributed by atoms with E-state index in [2.05, 4.69) is 67.7 Å². The summed E-state index contributed by atoms with van der Waals surface area (Å²) in [6.07, 6.45) is 4.18. The number of hydrogen-bond acceptors (Lipinski definition) is 1. The van der Waals surface area contributed by atoms with Crippen LogP contribution in [0.5, 0.6) is 0 Å². The average molecular weight is 279 g/mol. The zero-order chi connectivity index (χ0) is 14.7. The van der Waals surface area contributed by atoms with Crippen LogP contribution in [0.15, 0.2) is 48.5 Å². The van der Waals surface area contributed by atoms with Crippen LogP contribution in [0.3, 0.4) is 0 Å². The SMILES string of the molecule is Cc1ccc(C)c(C(NCCC2CC2)c2ccccc2)c1. The molecule has 1 saturated carbocycles. The third-order valence-corrected chi connectivity index (χ3v) is 4.48. The fourth-order valence-electron chi connectivity index (χ4n) is 2.96. The molecule has 21 heavy (non-hydrogen) atoms. The molecule has 0 radical (unpaired) electrons. The molecule has 2 aromatic rings. The largest absolute Gasteiger partial charge is 0.306 e. The molecule has 0 bridgehead atoms. The number of hydrogen-bond donors (Lipinski definition) is 1. The van der Waals surface area contributed by atoms with E-state index in [1.54, 1.807) is 0 Å². The van der Waals surface area contributed by atoms with Crippen molar-refractivity contribution in [2.75, 3.05) is 6.54 Å². The van der Waals surface area contributed by atoms with E-state index in [1.807, 2.05) is 0 Å². The van der Waals surface area contributed by atoms with Gasteiger partial charge in [0, 0.05) is 0 Å². The Morgan fingerprint density at radius 3 is 2.52 bits per heavy atom. The Bertz CT molecular complexity index is 584. The van der Waals surface area contributed by atoms with Crippen LogP contribution in [0.4, 0.5) is 0 Å². The maximum atomic E-state index is 3.79. The Morgan fingerprint density at radius 2 is 1.81 bits per heavy atom. The highest BCUT2D eigenvalue weighted by atomic mass is 14.9. The van der Waals surface area contributed by atoms with Crippen molar-refractivity contribution < 1.29 is 0 Å². The minimum atomic E-state index is 0.310. The molecule has 2 aromatic carbocycles. The predicted octanol–water partition coefficient (Wildman–Crippen LogP) is 4.78. The predicted molar refractivity (Wildman–Crippen MR) is 89.5 cm³/mol. The number of nitrogens with one attached hydrogen (secondary N) is 1. The molecule has 1 unspecified atom stereocenters. The molecule has 1 aliphatic rings. The standard InChI is InChI=1S/C20H25N/c1-15-8-9-16(2)19(14-15)20(18-6-4-3-5-7-18)21-13-12-17-10-11-17/h3-9,14,17,20-21H,10-13H2,1-2H3. The molecular formula is C20H25N. The van der Waals surface area contributed by atoms with Gasteiger partial charge in [0.15, 0.2) is 0 Å². The molecule has 0 aromatic heterocycles. The van der Waals surface area contributed by atoms with Gasteiger partial charge in [0.1, 0.15) is 0 Å². The summed E-state index contributed by atoms with van der Waals surface area (Å²) in [5, 5.41) is 3.79. The summed E-state index contributed by atoms with van der Waals surface area (Å²) in [7, 11) is 0. The summed E-state index contributed by atoms with van der Waals surface area (Å²) in [5.41, 5.74) is 5.48. The molecule has 110 valence electrons. The van der Waals surface area contributed by atoms with Gasteiger partial charge in [-0.15, -0.1) is 0 Å². The Hall–Kier alpha value is -1.60. The van der Waals surface area contributed by atoms with E-state index in [4.69, 9.17) is 0 Å². The van der Waals surface area contributed by atoms with Crippen molar-refractivity contribution in [3.8, 4) is 0 Å². The van der Waals surface area contributed by atoms with Crippen LogP contribution in [0.2, 0.25) is 0 Å². The highest BCUT2D eigenvalue weighted by Crippen LogP contribution is 2.32. The average Bonchev–Trinajstić information content (AvgIpc) is 3.32. The molecule has 1 atom stereocenters. The molecule has 3 rings (SSSR count). The van der Waals surface area contributed by atoms with E-state index in [0.29, 0.717) is 6.04 Å². The molecule has 1 aliphatic carbocycles. The zero-order valence-electron chi connectivity index (χ0n) is 13.1. The van der Waals surface area contributed by atoms with Crippen LogP contribution in [0.1, 0.15) is 47.6 Å². The van der Waals surface area contributed by atoms with Gasteiger partial charge >= 0.3 is 0 Å². The Kier molecular flexibility index (Phi) is 4.40. The summed E-state index contributed by atoms with van der Waals surface area (Å²) in [4.78, 5) is 0. The summed E-state index contributed by atoms with van der Waals surface area (Å²) in [5.74, 6) is 0.979. The van der Waals surface area contributed by atoms with Crippen LogP contribution in [0, 0.1) is 19.8 Å². The second-order valence-electron chi connectivity index (χ2n) is 6.39. The minimum Gasteiger partial charge on any atom is -0.306 e. The summed E-state index contributed by atoms with van der Waals surface area (Å²) in [6.45, 7) is 5.50. The fourth-order valence-corrected chi connectivity index (χ4v) is 2.96. The number of rotatable bonds is 6. The van der Waals surface area contributed by atoms with E-state index < -0.39 is 0 Å². The van der Waals surface area contributed by atoms with Gasteiger partial charge in [-0.2, -0.15) is 0 Å². The van der Waals surface area contributed by atoms with Gasteiger partial charge in [-0.1, -0.05) is 66.9 Å². The van der Waals surface area contributed by atoms with Gasteiger partial charge in [0.25, 0.3) is 0 Å². The van der Waals surface area contributed by atoms with E-state index >= 15 is 0 Å². The molecule has 1 nitrogen and oxygen atoms in total. The number of benzene rings is 2. The maximum Gasteiger partial charge on any atom is 0.0579 e. The van der Waals surface area contributed by atoms with Crippen molar-refractivity contribution >= 4 is 0 Å². The van der Waals surface area contributed by atoms with Crippen molar-refractivity contribution in [3.05, 3.63) is 70.8 Å².